The van der Waals surface area contributed by atoms with Crippen LogP contribution >= 0.6 is 0 Å². The van der Waals surface area contributed by atoms with E-state index < -0.39 is 5.82 Å². The summed E-state index contributed by atoms with van der Waals surface area (Å²) >= 11 is 0. The highest BCUT2D eigenvalue weighted by molar-refractivity contribution is 5.70. The molecule has 0 aliphatic rings. The van der Waals surface area contributed by atoms with Crippen LogP contribution in [0.15, 0.2) is 49.7 Å². The first kappa shape index (κ1) is 14.1. The van der Waals surface area contributed by atoms with E-state index in [0.29, 0.717) is 11.3 Å². The molecule has 0 radical (unpaired) electrons. The van der Waals surface area contributed by atoms with E-state index >= 15 is 0 Å². The molecule has 3 heteroatoms. The van der Waals surface area contributed by atoms with Crippen molar-refractivity contribution in [3.63, 3.8) is 0 Å². The van der Waals surface area contributed by atoms with Crippen molar-refractivity contribution in [1.29, 1.82) is 0 Å². The highest BCUT2D eigenvalue weighted by Gasteiger charge is 2.13. The Labute approximate surface area is 95.6 Å². The van der Waals surface area contributed by atoms with Gasteiger partial charge in [0.1, 0.15) is 5.82 Å². The Morgan fingerprint density at radius 2 is 2.06 bits per heavy atom. The smallest absolute Gasteiger partial charge is 0.267 e. The second kappa shape index (κ2) is 7.40. The van der Waals surface area contributed by atoms with Gasteiger partial charge in [-0.25, -0.2) is 4.39 Å². The molecule has 0 aliphatic carbocycles. The molecule has 0 saturated carbocycles. The van der Waals surface area contributed by atoms with Gasteiger partial charge in [0, 0.05) is 10.8 Å². The van der Waals surface area contributed by atoms with E-state index in [0.717, 1.165) is 10.8 Å². The summed E-state index contributed by atoms with van der Waals surface area (Å²) in [6.45, 7) is 11.1. The maximum Gasteiger partial charge on any atom is 0.267 e. The Morgan fingerprint density at radius 3 is 2.56 bits per heavy atom. The van der Waals surface area contributed by atoms with Crippen LogP contribution in [0, 0.1) is 5.82 Å². The molecule has 0 amide bonds. The standard InChI is InChI=1S/C11H11FNO.C2H6/c1-3-5-9(4-2)11-8-10(12)6-7-13(11)14;1-2/h3-8,14H,1-2H2;1-2H3/q+1;/b9-5+;. The molecule has 0 unspecified atom stereocenters. The lowest BCUT2D eigenvalue weighted by atomic mass is 10.1. The van der Waals surface area contributed by atoms with Crippen molar-refractivity contribution in [3.05, 3.63) is 61.2 Å². The molecule has 0 fully saturated rings. The zero-order valence-electron chi connectivity index (χ0n) is 9.65. The lowest BCUT2D eigenvalue weighted by Gasteiger charge is -1.96. The van der Waals surface area contributed by atoms with E-state index in [2.05, 4.69) is 13.2 Å². The number of rotatable bonds is 3. The van der Waals surface area contributed by atoms with E-state index in [4.69, 9.17) is 0 Å². The number of hydrogen-bond donors (Lipinski definition) is 1. The van der Waals surface area contributed by atoms with Crippen molar-refractivity contribution < 1.29 is 14.3 Å². The van der Waals surface area contributed by atoms with Crippen LogP contribution in [0.3, 0.4) is 0 Å². The Kier molecular flexibility index (Phi) is 6.52. The predicted molar refractivity (Wildman–Crippen MR) is 63.5 cm³/mol. The second-order valence-corrected chi connectivity index (χ2v) is 2.64. The number of pyridine rings is 1. The van der Waals surface area contributed by atoms with E-state index in [1.54, 1.807) is 12.2 Å². The van der Waals surface area contributed by atoms with Crippen molar-refractivity contribution in [3.8, 4) is 0 Å². The van der Waals surface area contributed by atoms with Crippen molar-refractivity contribution in [1.82, 2.24) is 0 Å². The summed E-state index contributed by atoms with van der Waals surface area (Å²) in [6.07, 6.45) is 5.92. The molecule has 1 heterocycles. The zero-order chi connectivity index (χ0) is 12.6. The molecule has 0 aliphatic heterocycles. The topological polar surface area (TPSA) is 24.1 Å². The van der Waals surface area contributed by atoms with Gasteiger partial charge in [-0.3, -0.25) is 5.21 Å². The first-order valence-electron chi connectivity index (χ1n) is 5.05. The summed E-state index contributed by atoms with van der Waals surface area (Å²) in [5, 5.41) is 9.39. The quantitative estimate of drug-likeness (QED) is 0.474. The highest BCUT2D eigenvalue weighted by atomic mass is 19.1. The van der Waals surface area contributed by atoms with Crippen molar-refractivity contribution in [2.45, 2.75) is 13.8 Å². The minimum absolute atomic E-state index is 0.333. The molecule has 86 valence electrons. The van der Waals surface area contributed by atoms with Crippen LogP contribution in [0.25, 0.3) is 5.57 Å². The van der Waals surface area contributed by atoms with Gasteiger partial charge in [0.2, 0.25) is 6.20 Å². The molecule has 0 aromatic carbocycles. The van der Waals surface area contributed by atoms with E-state index in [9.17, 15) is 9.60 Å². The maximum absolute atomic E-state index is 12.9. The molecular weight excluding hydrogens is 205 g/mol. The monoisotopic (exact) mass is 222 g/mol. The second-order valence-electron chi connectivity index (χ2n) is 2.64. The van der Waals surface area contributed by atoms with Crippen LogP contribution in [-0.4, -0.2) is 5.21 Å². The molecule has 1 rings (SSSR count). The van der Waals surface area contributed by atoms with E-state index in [1.807, 2.05) is 13.8 Å². The fourth-order valence-electron chi connectivity index (χ4n) is 1.07. The maximum atomic E-state index is 12.9. The van der Waals surface area contributed by atoms with E-state index in [-0.39, 0.29) is 0 Å². The molecule has 0 bridgehead atoms. The van der Waals surface area contributed by atoms with Gasteiger partial charge in [-0.15, -0.1) is 0 Å². The lowest BCUT2D eigenvalue weighted by Crippen LogP contribution is -2.34. The van der Waals surface area contributed by atoms with Gasteiger partial charge in [-0.05, 0) is 6.08 Å². The normalized spacial score (nSPS) is 10.1. The predicted octanol–water partition coefficient (Wildman–Crippen LogP) is 3.13. The summed E-state index contributed by atoms with van der Waals surface area (Å²) in [5.41, 5.74) is 0.932. The fourth-order valence-corrected chi connectivity index (χ4v) is 1.07. The number of aromatic nitrogens is 1. The number of halogens is 1. The van der Waals surface area contributed by atoms with Crippen molar-refractivity contribution >= 4 is 5.57 Å². The van der Waals surface area contributed by atoms with Gasteiger partial charge in [0.25, 0.3) is 5.69 Å². The summed E-state index contributed by atoms with van der Waals surface area (Å²) in [7, 11) is 0. The van der Waals surface area contributed by atoms with Gasteiger partial charge in [-0.1, -0.05) is 39.2 Å². The SMILES string of the molecule is C=C/C=C(\C=C)c1cc(F)cc[n+]1O.CC. The summed E-state index contributed by atoms with van der Waals surface area (Å²) in [5.74, 6) is -0.415. The first-order chi connectivity index (χ1) is 7.69. The number of nitrogens with zero attached hydrogens (tertiary/aromatic N) is 1. The molecule has 1 N–H and O–H groups in total. The molecular formula is C13H17FNO+. The van der Waals surface area contributed by atoms with Crippen LogP contribution in [0.1, 0.15) is 19.5 Å². The molecule has 2 nitrogen and oxygen atoms in total. The minimum atomic E-state index is -0.415. The molecule has 0 atom stereocenters. The van der Waals surface area contributed by atoms with Gasteiger partial charge >= 0.3 is 0 Å². The van der Waals surface area contributed by atoms with Gasteiger partial charge in [-0.2, -0.15) is 0 Å². The first-order valence-corrected chi connectivity index (χ1v) is 5.05. The Morgan fingerprint density at radius 1 is 1.44 bits per heavy atom. The Bertz CT molecular complexity index is 397. The third-order valence-corrected chi connectivity index (χ3v) is 1.71. The average Bonchev–Trinajstić information content (AvgIpc) is 2.32. The van der Waals surface area contributed by atoms with Crippen molar-refractivity contribution in [2.24, 2.45) is 0 Å². The van der Waals surface area contributed by atoms with Crippen LogP contribution in [0.4, 0.5) is 4.39 Å². The molecule has 1 aromatic heterocycles. The third-order valence-electron chi connectivity index (χ3n) is 1.71. The van der Waals surface area contributed by atoms with Gasteiger partial charge in [0.15, 0.2) is 0 Å². The number of allylic oxidation sites excluding steroid dienone is 4. The Balaban J connectivity index is 0.00000106. The summed E-state index contributed by atoms with van der Waals surface area (Å²) in [4.78, 5) is 0. The Hall–Kier alpha value is -1.90. The van der Waals surface area contributed by atoms with Crippen LogP contribution in [0.5, 0.6) is 0 Å². The molecule has 16 heavy (non-hydrogen) atoms. The number of hydrogen-bond acceptors (Lipinski definition) is 1. The van der Waals surface area contributed by atoms with Crippen molar-refractivity contribution in [2.75, 3.05) is 0 Å². The zero-order valence-corrected chi connectivity index (χ0v) is 9.65. The largest absolute Gasteiger partial charge is 0.285 e. The summed E-state index contributed by atoms with van der Waals surface area (Å²) in [6, 6.07) is 2.38. The molecule has 1 aromatic rings. The average molecular weight is 222 g/mol. The summed E-state index contributed by atoms with van der Waals surface area (Å²) < 4.78 is 13.7. The third kappa shape index (κ3) is 3.69. The van der Waals surface area contributed by atoms with Gasteiger partial charge < -0.3 is 0 Å². The van der Waals surface area contributed by atoms with Crippen LogP contribution < -0.4 is 4.73 Å². The molecule has 0 saturated heterocycles. The highest BCUT2D eigenvalue weighted by Crippen LogP contribution is 2.11. The minimum Gasteiger partial charge on any atom is -0.285 e. The fraction of sp³-hybridized carbons (Fsp3) is 0.154. The van der Waals surface area contributed by atoms with E-state index in [1.165, 1.54) is 18.3 Å². The molecule has 0 spiro atoms. The van der Waals surface area contributed by atoms with Crippen LogP contribution in [0.2, 0.25) is 0 Å². The van der Waals surface area contributed by atoms with Gasteiger partial charge in [0.05, 0.1) is 11.6 Å². The lowest BCUT2D eigenvalue weighted by molar-refractivity contribution is -0.906. The van der Waals surface area contributed by atoms with Crippen LogP contribution in [-0.2, 0) is 0 Å².